The van der Waals surface area contributed by atoms with Gasteiger partial charge in [-0.3, -0.25) is 9.69 Å². The van der Waals surface area contributed by atoms with Crippen LogP contribution in [0.25, 0.3) is 6.08 Å². The maximum atomic E-state index is 12.2. The number of anilines is 1. The fourth-order valence-corrected chi connectivity index (χ4v) is 3.02. The average molecular weight is 317 g/mol. The number of furan rings is 1. The molecule has 2 aliphatic heterocycles. The fourth-order valence-electron chi connectivity index (χ4n) is 3.02. The first-order valence-corrected chi connectivity index (χ1v) is 8.38. The van der Waals surface area contributed by atoms with Crippen molar-refractivity contribution < 1.29 is 14.0 Å². The molecule has 1 aromatic heterocycles. The third-order valence-electron chi connectivity index (χ3n) is 4.23. The second-order valence-corrected chi connectivity index (χ2v) is 6.02. The molecular formula is C17H23N3O3. The van der Waals surface area contributed by atoms with Crippen molar-refractivity contribution in [2.24, 2.45) is 0 Å². The number of imide groups is 1. The molecule has 1 aromatic rings. The number of hydrogen-bond acceptors (Lipinski definition) is 4. The second-order valence-electron chi connectivity index (χ2n) is 6.02. The molecule has 3 rings (SSSR count). The smallest absolute Gasteiger partial charge is 0.329 e. The van der Waals surface area contributed by atoms with E-state index in [1.165, 1.54) is 30.6 Å². The monoisotopic (exact) mass is 317 g/mol. The molecule has 23 heavy (non-hydrogen) atoms. The van der Waals surface area contributed by atoms with Gasteiger partial charge in [-0.1, -0.05) is 19.8 Å². The summed E-state index contributed by atoms with van der Waals surface area (Å²) in [6.07, 6.45) is 7.24. The first-order chi connectivity index (χ1) is 11.2. The Labute approximate surface area is 136 Å². The molecule has 1 N–H and O–H groups in total. The van der Waals surface area contributed by atoms with Crippen molar-refractivity contribution in [1.82, 2.24) is 10.2 Å². The summed E-state index contributed by atoms with van der Waals surface area (Å²) in [6.45, 7) is 4.37. The van der Waals surface area contributed by atoms with Crippen LogP contribution in [0.5, 0.6) is 0 Å². The molecule has 0 unspecified atom stereocenters. The summed E-state index contributed by atoms with van der Waals surface area (Å²) in [5.41, 5.74) is 0.278. The van der Waals surface area contributed by atoms with Gasteiger partial charge in [-0.25, -0.2) is 4.79 Å². The van der Waals surface area contributed by atoms with Gasteiger partial charge in [0.15, 0.2) is 5.88 Å². The van der Waals surface area contributed by atoms with E-state index in [0.717, 1.165) is 25.4 Å². The zero-order chi connectivity index (χ0) is 16.2. The van der Waals surface area contributed by atoms with E-state index in [0.29, 0.717) is 12.3 Å². The molecule has 0 atom stereocenters. The van der Waals surface area contributed by atoms with Crippen LogP contribution in [0, 0.1) is 0 Å². The molecule has 3 amide bonds. The minimum absolute atomic E-state index is 0.278. The number of amides is 3. The van der Waals surface area contributed by atoms with Crippen molar-refractivity contribution in [2.45, 2.75) is 39.0 Å². The van der Waals surface area contributed by atoms with Crippen LogP contribution in [0.4, 0.5) is 10.7 Å². The molecule has 0 aliphatic carbocycles. The first-order valence-electron chi connectivity index (χ1n) is 8.38. The molecule has 0 aromatic carbocycles. The van der Waals surface area contributed by atoms with Crippen LogP contribution in [0.1, 0.15) is 44.8 Å². The van der Waals surface area contributed by atoms with E-state index in [4.69, 9.17) is 4.42 Å². The van der Waals surface area contributed by atoms with E-state index >= 15 is 0 Å². The Kier molecular flexibility index (Phi) is 4.69. The van der Waals surface area contributed by atoms with Crippen LogP contribution in [0.2, 0.25) is 0 Å². The van der Waals surface area contributed by atoms with Crippen molar-refractivity contribution in [1.29, 1.82) is 0 Å². The lowest BCUT2D eigenvalue weighted by molar-refractivity contribution is -0.122. The summed E-state index contributed by atoms with van der Waals surface area (Å²) < 4.78 is 5.85. The Morgan fingerprint density at radius 2 is 1.91 bits per heavy atom. The van der Waals surface area contributed by atoms with Gasteiger partial charge in [-0.2, -0.15) is 0 Å². The quantitative estimate of drug-likeness (QED) is 0.685. The van der Waals surface area contributed by atoms with Crippen molar-refractivity contribution in [3.8, 4) is 0 Å². The number of rotatable bonds is 4. The minimum atomic E-state index is -0.359. The van der Waals surface area contributed by atoms with E-state index < -0.39 is 0 Å². The Morgan fingerprint density at radius 3 is 2.61 bits per heavy atom. The Balaban J connectivity index is 1.73. The average Bonchev–Trinajstić information content (AvgIpc) is 2.97. The van der Waals surface area contributed by atoms with E-state index in [9.17, 15) is 9.59 Å². The molecule has 2 fully saturated rings. The van der Waals surface area contributed by atoms with Gasteiger partial charge in [-0.15, -0.1) is 0 Å². The molecule has 2 aliphatic rings. The van der Waals surface area contributed by atoms with Gasteiger partial charge in [0.1, 0.15) is 11.5 Å². The van der Waals surface area contributed by atoms with E-state index in [1.54, 1.807) is 6.08 Å². The predicted octanol–water partition coefficient (Wildman–Crippen LogP) is 2.96. The topological polar surface area (TPSA) is 65.8 Å². The van der Waals surface area contributed by atoms with Crippen LogP contribution < -0.4 is 10.2 Å². The minimum Gasteiger partial charge on any atom is -0.441 e. The van der Waals surface area contributed by atoms with Gasteiger partial charge in [0.05, 0.1) is 0 Å². The number of hydrogen-bond donors (Lipinski definition) is 1. The van der Waals surface area contributed by atoms with Crippen molar-refractivity contribution in [3.05, 3.63) is 23.6 Å². The van der Waals surface area contributed by atoms with Crippen LogP contribution in [-0.2, 0) is 4.79 Å². The summed E-state index contributed by atoms with van der Waals surface area (Å²) in [5.74, 6) is 1.14. The number of carbonyl (C=O) groups excluding carboxylic acids is 2. The van der Waals surface area contributed by atoms with Gasteiger partial charge in [-0.05, 0) is 25.3 Å². The number of nitrogens with one attached hydrogen (secondary N) is 1. The zero-order valence-electron chi connectivity index (χ0n) is 13.5. The van der Waals surface area contributed by atoms with Gasteiger partial charge >= 0.3 is 6.03 Å². The SMILES string of the molecule is CCCN1C(=O)N/C(=C/c2ccc(N3CCCCCC3)o2)C1=O. The summed E-state index contributed by atoms with van der Waals surface area (Å²) in [5, 5.41) is 2.61. The summed E-state index contributed by atoms with van der Waals surface area (Å²) >= 11 is 0. The third kappa shape index (κ3) is 3.41. The van der Waals surface area contributed by atoms with Crippen LogP contribution >= 0.6 is 0 Å². The Hall–Kier alpha value is -2.24. The molecule has 0 bridgehead atoms. The molecule has 2 saturated heterocycles. The Morgan fingerprint density at radius 1 is 1.17 bits per heavy atom. The van der Waals surface area contributed by atoms with Crippen LogP contribution in [0.3, 0.4) is 0 Å². The summed E-state index contributed by atoms with van der Waals surface area (Å²) in [4.78, 5) is 27.4. The van der Waals surface area contributed by atoms with Gasteiger partial charge in [0.25, 0.3) is 5.91 Å². The lowest BCUT2D eigenvalue weighted by atomic mass is 10.2. The molecule has 0 spiro atoms. The number of nitrogens with zero attached hydrogens (tertiary/aromatic N) is 2. The molecule has 6 heteroatoms. The number of urea groups is 1. The largest absolute Gasteiger partial charge is 0.441 e. The molecule has 124 valence electrons. The fraction of sp³-hybridized carbons (Fsp3) is 0.529. The van der Waals surface area contributed by atoms with Gasteiger partial charge in [0, 0.05) is 31.8 Å². The molecule has 3 heterocycles. The first kappa shape index (κ1) is 15.6. The molecule has 6 nitrogen and oxygen atoms in total. The highest BCUT2D eigenvalue weighted by Crippen LogP contribution is 2.24. The maximum Gasteiger partial charge on any atom is 0.329 e. The van der Waals surface area contributed by atoms with Crippen molar-refractivity contribution in [3.63, 3.8) is 0 Å². The summed E-state index contributed by atoms with van der Waals surface area (Å²) in [6, 6.07) is 3.42. The van der Waals surface area contributed by atoms with Gasteiger partial charge < -0.3 is 14.6 Å². The normalized spacial score (nSPS) is 21.0. The highest BCUT2D eigenvalue weighted by Gasteiger charge is 2.32. The summed E-state index contributed by atoms with van der Waals surface area (Å²) in [7, 11) is 0. The lowest BCUT2D eigenvalue weighted by Gasteiger charge is -2.18. The lowest BCUT2D eigenvalue weighted by Crippen LogP contribution is -2.31. The molecule has 0 saturated carbocycles. The highest BCUT2D eigenvalue weighted by atomic mass is 16.4. The van der Waals surface area contributed by atoms with E-state index in [2.05, 4.69) is 10.2 Å². The Bertz CT molecular complexity index is 612. The third-order valence-corrected chi connectivity index (χ3v) is 4.23. The van der Waals surface area contributed by atoms with Crippen LogP contribution in [-0.4, -0.2) is 36.5 Å². The molecule has 0 radical (unpaired) electrons. The van der Waals surface area contributed by atoms with Gasteiger partial charge in [0.2, 0.25) is 0 Å². The standard InChI is InChI=1S/C17H23N3O3/c1-2-9-20-16(21)14(18-17(20)22)12-13-7-8-15(23-13)19-10-5-3-4-6-11-19/h7-8,12H,2-6,9-11H2,1H3,(H,18,22)/b14-12+. The van der Waals surface area contributed by atoms with Crippen molar-refractivity contribution in [2.75, 3.05) is 24.5 Å². The van der Waals surface area contributed by atoms with E-state index in [-0.39, 0.29) is 17.6 Å². The molecular weight excluding hydrogens is 294 g/mol. The second kappa shape index (κ2) is 6.89. The van der Waals surface area contributed by atoms with Crippen LogP contribution in [0.15, 0.2) is 22.2 Å². The number of carbonyl (C=O) groups is 2. The zero-order valence-corrected chi connectivity index (χ0v) is 13.5. The van der Waals surface area contributed by atoms with Crippen molar-refractivity contribution >= 4 is 23.9 Å². The highest BCUT2D eigenvalue weighted by molar-refractivity contribution is 6.13. The predicted molar refractivity (Wildman–Crippen MR) is 87.9 cm³/mol. The van der Waals surface area contributed by atoms with E-state index in [1.807, 2.05) is 19.1 Å². The maximum absolute atomic E-state index is 12.2.